The fourth-order valence-electron chi connectivity index (χ4n) is 1.27. The normalized spacial score (nSPS) is 23.4. The molecule has 1 fully saturated rings. The van der Waals surface area contributed by atoms with Gasteiger partial charge in [-0.25, -0.2) is 8.78 Å². The lowest BCUT2D eigenvalue weighted by atomic mass is 9.92. The van der Waals surface area contributed by atoms with Crippen molar-refractivity contribution in [3.63, 3.8) is 0 Å². The summed E-state index contributed by atoms with van der Waals surface area (Å²) < 4.78 is 25.1. The first-order chi connectivity index (χ1) is 5.14. The van der Waals surface area contributed by atoms with E-state index in [1.165, 1.54) is 0 Å². The second kappa shape index (κ2) is 3.30. The maximum atomic E-state index is 12.5. The summed E-state index contributed by atoms with van der Waals surface area (Å²) in [5.74, 6) is -2.47. The lowest BCUT2D eigenvalue weighted by molar-refractivity contribution is -0.0247. The molecular weight excluding hydrogens is 150 g/mol. The SMILES string of the molecule is OCC=C1CCC(F)(F)CC1. The van der Waals surface area contributed by atoms with Gasteiger partial charge in [-0.1, -0.05) is 11.6 Å². The van der Waals surface area contributed by atoms with Gasteiger partial charge >= 0.3 is 0 Å². The van der Waals surface area contributed by atoms with Crippen LogP contribution in [0, 0.1) is 0 Å². The maximum Gasteiger partial charge on any atom is 0.248 e. The molecule has 1 saturated carbocycles. The molecule has 0 heterocycles. The Bertz CT molecular complexity index is 151. The van der Waals surface area contributed by atoms with Crippen molar-refractivity contribution in [1.29, 1.82) is 0 Å². The average Bonchev–Trinajstić information content (AvgIpc) is 1.94. The van der Waals surface area contributed by atoms with E-state index >= 15 is 0 Å². The number of rotatable bonds is 1. The minimum atomic E-state index is -2.47. The fraction of sp³-hybridized carbons (Fsp3) is 0.750. The van der Waals surface area contributed by atoms with Crippen LogP contribution in [0.1, 0.15) is 25.7 Å². The van der Waals surface area contributed by atoms with Gasteiger partial charge in [0, 0.05) is 12.8 Å². The molecule has 1 rings (SSSR count). The first-order valence-corrected chi connectivity index (χ1v) is 3.81. The molecule has 0 spiro atoms. The molecule has 1 N–H and O–H groups in total. The van der Waals surface area contributed by atoms with Gasteiger partial charge in [0.05, 0.1) is 6.61 Å². The van der Waals surface area contributed by atoms with E-state index in [4.69, 9.17) is 5.11 Å². The van der Waals surface area contributed by atoms with Crippen molar-refractivity contribution in [3.05, 3.63) is 11.6 Å². The van der Waals surface area contributed by atoms with E-state index in [1.807, 2.05) is 0 Å². The molecule has 64 valence electrons. The highest BCUT2D eigenvalue weighted by molar-refractivity contribution is 5.06. The Morgan fingerprint density at radius 3 is 2.36 bits per heavy atom. The second-order valence-corrected chi connectivity index (χ2v) is 2.90. The molecule has 1 aliphatic rings. The van der Waals surface area contributed by atoms with E-state index in [0.717, 1.165) is 5.57 Å². The largest absolute Gasteiger partial charge is 0.392 e. The minimum Gasteiger partial charge on any atom is -0.392 e. The Morgan fingerprint density at radius 2 is 1.91 bits per heavy atom. The Morgan fingerprint density at radius 1 is 1.36 bits per heavy atom. The van der Waals surface area contributed by atoms with Gasteiger partial charge in [-0.2, -0.15) is 0 Å². The van der Waals surface area contributed by atoms with Crippen LogP contribution in [0.5, 0.6) is 0 Å². The molecule has 3 heteroatoms. The zero-order valence-electron chi connectivity index (χ0n) is 6.32. The van der Waals surface area contributed by atoms with Crippen LogP contribution in [-0.4, -0.2) is 17.6 Å². The van der Waals surface area contributed by atoms with Gasteiger partial charge in [0.25, 0.3) is 0 Å². The molecule has 0 atom stereocenters. The van der Waals surface area contributed by atoms with Crippen molar-refractivity contribution < 1.29 is 13.9 Å². The highest BCUT2D eigenvalue weighted by Gasteiger charge is 2.32. The first-order valence-electron chi connectivity index (χ1n) is 3.81. The summed E-state index contributed by atoms with van der Waals surface area (Å²) in [4.78, 5) is 0. The third kappa shape index (κ3) is 2.58. The summed E-state index contributed by atoms with van der Waals surface area (Å²) in [5, 5.41) is 8.48. The van der Waals surface area contributed by atoms with Gasteiger partial charge in [-0.3, -0.25) is 0 Å². The summed E-state index contributed by atoms with van der Waals surface area (Å²) in [7, 11) is 0. The summed E-state index contributed by atoms with van der Waals surface area (Å²) in [6.07, 6.45) is 2.40. The predicted octanol–water partition coefficient (Wildman–Crippen LogP) is 2.11. The highest BCUT2D eigenvalue weighted by Crippen LogP contribution is 2.35. The fourth-order valence-corrected chi connectivity index (χ4v) is 1.27. The van der Waals surface area contributed by atoms with Crippen molar-refractivity contribution in [2.45, 2.75) is 31.6 Å². The molecule has 11 heavy (non-hydrogen) atoms. The number of aliphatic hydroxyl groups is 1. The van der Waals surface area contributed by atoms with Crippen molar-refractivity contribution in [1.82, 2.24) is 0 Å². The molecule has 0 saturated heterocycles. The first kappa shape index (κ1) is 8.65. The van der Waals surface area contributed by atoms with Gasteiger partial charge in [0.2, 0.25) is 5.92 Å². The minimum absolute atomic E-state index is 0.0269. The van der Waals surface area contributed by atoms with Gasteiger partial charge in [-0.15, -0.1) is 0 Å². The van der Waals surface area contributed by atoms with Crippen molar-refractivity contribution in [3.8, 4) is 0 Å². The monoisotopic (exact) mass is 162 g/mol. The quantitative estimate of drug-likeness (QED) is 0.585. The third-order valence-electron chi connectivity index (χ3n) is 2.00. The van der Waals surface area contributed by atoms with Crippen LogP contribution in [0.4, 0.5) is 8.78 Å². The Labute approximate surface area is 64.7 Å². The topological polar surface area (TPSA) is 20.2 Å². The lowest BCUT2D eigenvalue weighted by Crippen LogP contribution is -2.20. The molecule has 0 aliphatic heterocycles. The number of hydrogen-bond donors (Lipinski definition) is 1. The van der Waals surface area contributed by atoms with E-state index in [2.05, 4.69) is 0 Å². The molecule has 0 aromatic heterocycles. The number of halogens is 2. The summed E-state index contributed by atoms with van der Waals surface area (Å²) >= 11 is 0. The Balaban J connectivity index is 2.42. The lowest BCUT2D eigenvalue weighted by Gasteiger charge is -2.23. The van der Waals surface area contributed by atoms with Gasteiger partial charge in [0.15, 0.2) is 0 Å². The molecule has 0 radical (unpaired) electrons. The van der Waals surface area contributed by atoms with Gasteiger partial charge < -0.3 is 5.11 Å². The highest BCUT2D eigenvalue weighted by atomic mass is 19.3. The smallest absolute Gasteiger partial charge is 0.248 e. The zero-order valence-corrected chi connectivity index (χ0v) is 6.32. The number of hydrogen-bond acceptors (Lipinski definition) is 1. The van der Waals surface area contributed by atoms with Crippen LogP contribution in [0.25, 0.3) is 0 Å². The summed E-state index contributed by atoms with van der Waals surface area (Å²) in [5.41, 5.74) is 0.971. The van der Waals surface area contributed by atoms with Gasteiger partial charge in [-0.05, 0) is 12.8 Å². The van der Waals surface area contributed by atoms with E-state index in [0.29, 0.717) is 12.8 Å². The molecule has 1 nitrogen and oxygen atoms in total. The molecule has 0 unspecified atom stereocenters. The standard InChI is InChI=1S/C8H12F2O/c9-8(10)4-1-7(2-5-8)3-6-11/h3,11H,1-2,4-6H2. The summed E-state index contributed by atoms with van der Waals surface area (Å²) in [6, 6.07) is 0. The van der Waals surface area contributed by atoms with E-state index in [1.54, 1.807) is 6.08 Å². The molecule has 0 amide bonds. The van der Waals surface area contributed by atoms with Crippen molar-refractivity contribution in [2.75, 3.05) is 6.61 Å². The average molecular weight is 162 g/mol. The zero-order chi connectivity index (χ0) is 8.32. The third-order valence-corrected chi connectivity index (χ3v) is 2.00. The molecule has 0 bridgehead atoms. The van der Waals surface area contributed by atoms with Gasteiger partial charge in [0.1, 0.15) is 0 Å². The molecule has 0 aromatic rings. The van der Waals surface area contributed by atoms with Crippen molar-refractivity contribution in [2.24, 2.45) is 0 Å². The maximum absolute atomic E-state index is 12.5. The van der Waals surface area contributed by atoms with E-state index in [-0.39, 0.29) is 19.4 Å². The molecule has 1 aliphatic carbocycles. The second-order valence-electron chi connectivity index (χ2n) is 2.90. The predicted molar refractivity (Wildman–Crippen MR) is 38.6 cm³/mol. The van der Waals surface area contributed by atoms with Crippen molar-refractivity contribution >= 4 is 0 Å². The molecule has 0 aromatic carbocycles. The van der Waals surface area contributed by atoms with E-state index in [9.17, 15) is 8.78 Å². The van der Waals surface area contributed by atoms with E-state index < -0.39 is 5.92 Å². The number of allylic oxidation sites excluding steroid dienone is 1. The number of alkyl halides is 2. The number of aliphatic hydroxyl groups excluding tert-OH is 1. The van der Waals surface area contributed by atoms with Crippen LogP contribution in [0.2, 0.25) is 0 Å². The Kier molecular flexibility index (Phi) is 2.60. The van der Waals surface area contributed by atoms with Crippen LogP contribution in [-0.2, 0) is 0 Å². The molecular formula is C8H12F2O. The van der Waals surface area contributed by atoms with Crippen LogP contribution in [0.3, 0.4) is 0 Å². The summed E-state index contributed by atoms with van der Waals surface area (Å²) in [6.45, 7) is -0.0269. The van der Waals surface area contributed by atoms with Crippen LogP contribution >= 0.6 is 0 Å². The Hall–Kier alpha value is -0.440. The van der Waals surface area contributed by atoms with Crippen LogP contribution in [0.15, 0.2) is 11.6 Å². The van der Waals surface area contributed by atoms with Crippen LogP contribution < -0.4 is 0 Å².